The summed E-state index contributed by atoms with van der Waals surface area (Å²) in [6, 6.07) is 9.89. The maximum absolute atomic E-state index is 12.0. The SMILES string of the molecule is Cc1ccc(C(=O)N(C)C)cc1NCc1ccc(Br)s1. The van der Waals surface area contributed by atoms with E-state index in [0.29, 0.717) is 5.56 Å². The van der Waals surface area contributed by atoms with Crippen LogP contribution in [0.2, 0.25) is 0 Å². The quantitative estimate of drug-likeness (QED) is 0.896. The molecule has 3 nitrogen and oxygen atoms in total. The predicted molar refractivity (Wildman–Crippen MR) is 88.5 cm³/mol. The third-order valence-electron chi connectivity index (χ3n) is 2.97. The number of nitrogens with zero attached hydrogens (tertiary/aromatic N) is 1. The molecule has 0 spiro atoms. The molecule has 1 amide bonds. The zero-order chi connectivity index (χ0) is 14.7. The summed E-state index contributed by atoms with van der Waals surface area (Å²) in [6.07, 6.45) is 0. The van der Waals surface area contributed by atoms with Crippen LogP contribution in [0.1, 0.15) is 20.8 Å². The van der Waals surface area contributed by atoms with Gasteiger partial charge < -0.3 is 10.2 Å². The van der Waals surface area contributed by atoms with Crippen molar-refractivity contribution < 1.29 is 4.79 Å². The van der Waals surface area contributed by atoms with E-state index in [1.807, 2.05) is 31.2 Å². The van der Waals surface area contributed by atoms with Gasteiger partial charge in [-0.05, 0) is 52.7 Å². The Kier molecular flexibility index (Phi) is 4.83. The van der Waals surface area contributed by atoms with Crippen LogP contribution in [-0.4, -0.2) is 24.9 Å². The number of thiophene rings is 1. The highest BCUT2D eigenvalue weighted by atomic mass is 79.9. The number of nitrogens with one attached hydrogen (secondary N) is 1. The minimum Gasteiger partial charge on any atom is -0.380 e. The highest BCUT2D eigenvalue weighted by Crippen LogP contribution is 2.24. The molecule has 0 aliphatic heterocycles. The molecule has 1 aromatic carbocycles. The molecule has 106 valence electrons. The smallest absolute Gasteiger partial charge is 0.253 e. The van der Waals surface area contributed by atoms with E-state index in [0.717, 1.165) is 21.6 Å². The fourth-order valence-electron chi connectivity index (χ4n) is 1.83. The second-order valence-corrected chi connectivity index (χ2v) is 7.34. The lowest BCUT2D eigenvalue weighted by molar-refractivity contribution is 0.0827. The Morgan fingerprint density at radius 3 is 2.65 bits per heavy atom. The van der Waals surface area contributed by atoms with Crippen molar-refractivity contribution >= 4 is 38.9 Å². The van der Waals surface area contributed by atoms with Crippen LogP contribution in [0.5, 0.6) is 0 Å². The van der Waals surface area contributed by atoms with Crippen molar-refractivity contribution in [3.63, 3.8) is 0 Å². The first kappa shape index (κ1) is 15.1. The summed E-state index contributed by atoms with van der Waals surface area (Å²) >= 11 is 5.17. The number of carbonyl (C=O) groups is 1. The second kappa shape index (κ2) is 6.41. The van der Waals surface area contributed by atoms with Crippen molar-refractivity contribution in [2.24, 2.45) is 0 Å². The summed E-state index contributed by atoms with van der Waals surface area (Å²) < 4.78 is 1.13. The van der Waals surface area contributed by atoms with Gasteiger partial charge in [-0.3, -0.25) is 4.79 Å². The lowest BCUT2D eigenvalue weighted by Gasteiger charge is -2.14. The van der Waals surface area contributed by atoms with Gasteiger partial charge in [0, 0.05) is 36.8 Å². The predicted octanol–water partition coefficient (Wildman–Crippen LogP) is 4.13. The van der Waals surface area contributed by atoms with Gasteiger partial charge in [0.25, 0.3) is 5.91 Å². The van der Waals surface area contributed by atoms with Crippen LogP contribution < -0.4 is 5.32 Å². The molecular weight excluding hydrogens is 336 g/mol. The molecule has 0 bridgehead atoms. The molecule has 5 heteroatoms. The molecule has 2 aromatic rings. The summed E-state index contributed by atoms with van der Waals surface area (Å²) in [6.45, 7) is 2.80. The molecule has 0 saturated carbocycles. The molecule has 1 N–H and O–H groups in total. The van der Waals surface area contributed by atoms with Crippen molar-refractivity contribution in [2.45, 2.75) is 13.5 Å². The van der Waals surface area contributed by atoms with Gasteiger partial charge >= 0.3 is 0 Å². The highest BCUT2D eigenvalue weighted by Gasteiger charge is 2.10. The number of hydrogen-bond donors (Lipinski definition) is 1. The Labute approximate surface area is 131 Å². The lowest BCUT2D eigenvalue weighted by atomic mass is 10.1. The maximum atomic E-state index is 12.0. The van der Waals surface area contributed by atoms with E-state index in [2.05, 4.69) is 27.3 Å². The minimum absolute atomic E-state index is 0.0203. The van der Waals surface area contributed by atoms with Gasteiger partial charge in [0.05, 0.1) is 3.79 Å². The lowest BCUT2D eigenvalue weighted by Crippen LogP contribution is -2.21. The van der Waals surface area contributed by atoms with E-state index in [-0.39, 0.29) is 5.91 Å². The molecule has 0 fully saturated rings. The monoisotopic (exact) mass is 352 g/mol. The number of amides is 1. The van der Waals surface area contributed by atoms with E-state index in [9.17, 15) is 4.79 Å². The van der Waals surface area contributed by atoms with Gasteiger partial charge in [0.1, 0.15) is 0 Å². The van der Waals surface area contributed by atoms with E-state index < -0.39 is 0 Å². The molecule has 0 unspecified atom stereocenters. The first-order chi connectivity index (χ1) is 9.47. The highest BCUT2D eigenvalue weighted by molar-refractivity contribution is 9.11. The van der Waals surface area contributed by atoms with E-state index in [1.165, 1.54) is 4.88 Å². The van der Waals surface area contributed by atoms with Crippen molar-refractivity contribution in [1.82, 2.24) is 4.90 Å². The average Bonchev–Trinajstić information content (AvgIpc) is 2.82. The summed E-state index contributed by atoms with van der Waals surface area (Å²) in [5, 5.41) is 3.40. The largest absolute Gasteiger partial charge is 0.380 e. The minimum atomic E-state index is 0.0203. The van der Waals surface area contributed by atoms with Gasteiger partial charge in [0.2, 0.25) is 0 Å². The number of anilines is 1. The third kappa shape index (κ3) is 3.61. The summed E-state index contributed by atoms with van der Waals surface area (Å²) in [7, 11) is 3.52. The molecule has 0 atom stereocenters. The number of benzene rings is 1. The fraction of sp³-hybridized carbons (Fsp3) is 0.267. The van der Waals surface area contributed by atoms with Gasteiger partial charge in [-0.25, -0.2) is 0 Å². The van der Waals surface area contributed by atoms with Crippen LogP contribution in [-0.2, 0) is 6.54 Å². The van der Waals surface area contributed by atoms with Crippen molar-refractivity contribution in [3.8, 4) is 0 Å². The second-order valence-electron chi connectivity index (χ2n) is 4.79. The zero-order valence-corrected chi connectivity index (χ0v) is 14.1. The topological polar surface area (TPSA) is 32.3 Å². The maximum Gasteiger partial charge on any atom is 0.253 e. The van der Waals surface area contributed by atoms with Crippen LogP contribution in [0, 0.1) is 6.92 Å². The number of rotatable bonds is 4. The molecule has 0 saturated heterocycles. The first-order valence-electron chi connectivity index (χ1n) is 6.28. The fourth-order valence-corrected chi connectivity index (χ4v) is 3.26. The Hall–Kier alpha value is -1.33. The van der Waals surface area contributed by atoms with Crippen LogP contribution in [0.4, 0.5) is 5.69 Å². The van der Waals surface area contributed by atoms with Gasteiger partial charge in [0.15, 0.2) is 0 Å². The Morgan fingerprint density at radius 2 is 2.05 bits per heavy atom. The standard InChI is InChI=1S/C15H17BrN2OS/c1-10-4-5-11(15(19)18(2)3)8-13(10)17-9-12-6-7-14(16)20-12/h4-8,17H,9H2,1-3H3. The molecule has 1 aromatic heterocycles. The van der Waals surface area contributed by atoms with E-state index in [1.54, 1.807) is 30.3 Å². The van der Waals surface area contributed by atoms with Crippen molar-refractivity contribution in [2.75, 3.05) is 19.4 Å². The average molecular weight is 353 g/mol. The molecule has 0 aliphatic rings. The number of aryl methyl sites for hydroxylation is 1. The first-order valence-corrected chi connectivity index (χ1v) is 7.88. The zero-order valence-electron chi connectivity index (χ0n) is 11.7. The normalized spacial score (nSPS) is 10.4. The van der Waals surface area contributed by atoms with E-state index >= 15 is 0 Å². The van der Waals surface area contributed by atoms with Crippen LogP contribution in [0.15, 0.2) is 34.1 Å². The Morgan fingerprint density at radius 1 is 1.30 bits per heavy atom. The third-order valence-corrected chi connectivity index (χ3v) is 4.60. The molecule has 2 rings (SSSR count). The number of hydrogen-bond acceptors (Lipinski definition) is 3. The molecular formula is C15H17BrN2OS. The van der Waals surface area contributed by atoms with Gasteiger partial charge in [-0.2, -0.15) is 0 Å². The number of carbonyl (C=O) groups excluding carboxylic acids is 1. The van der Waals surface area contributed by atoms with Crippen LogP contribution >= 0.6 is 27.3 Å². The molecule has 1 heterocycles. The summed E-state index contributed by atoms with van der Waals surface area (Å²) in [4.78, 5) is 14.8. The van der Waals surface area contributed by atoms with Gasteiger partial charge in [-0.15, -0.1) is 11.3 Å². The molecule has 20 heavy (non-hydrogen) atoms. The van der Waals surface area contributed by atoms with Gasteiger partial charge in [-0.1, -0.05) is 6.07 Å². The van der Waals surface area contributed by atoms with Crippen LogP contribution in [0.3, 0.4) is 0 Å². The summed E-state index contributed by atoms with van der Waals surface area (Å²) in [5.41, 5.74) is 2.84. The van der Waals surface area contributed by atoms with Crippen molar-refractivity contribution in [3.05, 3.63) is 50.1 Å². The summed E-state index contributed by atoms with van der Waals surface area (Å²) in [5.74, 6) is 0.0203. The Bertz CT molecular complexity index is 622. The number of halogens is 1. The van der Waals surface area contributed by atoms with Crippen LogP contribution in [0.25, 0.3) is 0 Å². The van der Waals surface area contributed by atoms with E-state index in [4.69, 9.17) is 0 Å². The van der Waals surface area contributed by atoms with Crippen molar-refractivity contribution in [1.29, 1.82) is 0 Å². The Balaban J connectivity index is 2.14. The molecule has 0 radical (unpaired) electrons. The molecule has 0 aliphatic carbocycles.